The normalized spacial score (nSPS) is 27.1. The van der Waals surface area contributed by atoms with Crippen molar-refractivity contribution >= 4 is 0 Å². The van der Waals surface area contributed by atoms with Crippen LogP contribution in [0.15, 0.2) is 0 Å². The summed E-state index contributed by atoms with van der Waals surface area (Å²) < 4.78 is 5.10. The maximum atomic E-state index is 5.10. The van der Waals surface area contributed by atoms with E-state index in [0.29, 0.717) is 0 Å². The molecule has 0 saturated carbocycles. The van der Waals surface area contributed by atoms with Crippen molar-refractivity contribution in [3.05, 3.63) is 0 Å². The molecule has 7 rings (SSSR count). The Morgan fingerprint density at radius 2 is 0.873 bits per heavy atom. The van der Waals surface area contributed by atoms with Gasteiger partial charge in [0.2, 0.25) is 0 Å². The van der Waals surface area contributed by atoms with Gasteiger partial charge in [0.15, 0.2) is 0 Å². The molecule has 0 amide bonds. The summed E-state index contributed by atoms with van der Waals surface area (Å²) in [5.41, 5.74) is 0. The predicted octanol–water partition coefficient (Wildman–Crippen LogP) is 5.51. The van der Waals surface area contributed by atoms with Crippen LogP contribution < -0.4 is 5.32 Å². The summed E-state index contributed by atoms with van der Waals surface area (Å²) in [5, 5.41) is 3.33. The first-order valence-corrected chi connectivity index (χ1v) is 22.7. The summed E-state index contributed by atoms with van der Waals surface area (Å²) in [5.74, 6) is 2.84. The van der Waals surface area contributed by atoms with Crippen molar-refractivity contribution in [3.8, 4) is 0 Å². The van der Waals surface area contributed by atoms with Gasteiger partial charge in [-0.15, -0.1) is 0 Å². The zero-order valence-electron chi connectivity index (χ0n) is 38.4. The number of likely N-dealkylation sites (N-methyl/N-ethyl adjacent to an activating group) is 5. The number of morpholine rings is 1. The van der Waals surface area contributed by atoms with Gasteiger partial charge in [-0.3, -0.25) is 0 Å². The fraction of sp³-hybridized carbons (Fsp3) is 1.00. The number of ether oxygens (including phenoxy) is 1. The lowest BCUT2D eigenvalue weighted by Gasteiger charge is -2.31. The average Bonchev–Trinajstić information content (AvgIpc) is 3.17. The Morgan fingerprint density at radius 1 is 0.436 bits per heavy atom. The molecule has 7 aliphatic heterocycles. The molecule has 1 unspecified atom stereocenters. The van der Waals surface area contributed by atoms with Gasteiger partial charge in [-0.1, -0.05) is 41.5 Å². The van der Waals surface area contributed by atoms with Crippen molar-refractivity contribution in [1.29, 1.82) is 0 Å². The van der Waals surface area contributed by atoms with Gasteiger partial charge in [-0.05, 0) is 171 Å². The molecule has 7 fully saturated rings. The molecule has 332 valence electrons. The summed E-state index contributed by atoms with van der Waals surface area (Å²) in [6.07, 6.45) is 12.7. The van der Waals surface area contributed by atoms with Gasteiger partial charge in [0, 0.05) is 72.0 Å². The maximum absolute atomic E-state index is 5.10. The smallest absolute Gasteiger partial charge is 0.0594 e. The number of piperidine rings is 4. The standard InChI is InChI=1S/C7H16N2.2C7H15N.C6H14N2.2C6H13N.C5H11NO.CH4/c1-3-9-6-4-8(2)5-7-9;1-7-3-5-8(2)6-4-7;1-7-4-3-5-8(2)6-7;1-7-3-5-8(2)6-4-7;1-6-3-2-4-7-5-6;1-7-5-3-2-4-6-7;1-6-2-4-7-5-3-6;/h3-7H2,1-2H3;2*7H,3-6H2,1-2H3;3-6H2,1-2H3;6-7H,2-5H2,1H3;2-6H2,1H3;2-5H2,1H3;1H4/t;;;;6-;;;/m....1.../s1. The first-order chi connectivity index (χ1) is 25.9. The van der Waals surface area contributed by atoms with E-state index in [1.54, 1.807) is 0 Å². The zero-order valence-corrected chi connectivity index (χ0v) is 38.4. The molecule has 7 aliphatic rings. The second-order valence-electron chi connectivity index (χ2n) is 18.1. The van der Waals surface area contributed by atoms with Crippen molar-refractivity contribution in [2.75, 3.05) is 187 Å². The topological polar surface area (TPSA) is 47.2 Å². The lowest BCUT2D eigenvalue weighted by atomic mass is 10.00. The van der Waals surface area contributed by atoms with Crippen molar-refractivity contribution in [2.45, 2.75) is 92.9 Å². The van der Waals surface area contributed by atoms with E-state index in [2.05, 4.69) is 122 Å². The maximum Gasteiger partial charge on any atom is 0.0594 e. The molecule has 0 aliphatic carbocycles. The SMILES string of the molecule is C.CC1CCCN(C)C1.CC1CCN(C)CC1.CCN1CCN(C)CC1.CN1CCCCC1.CN1CCN(C)CC1.CN1CCOCC1.C[C@@H]1CCCNC1. The van der Waals surface area contributed by atoms with Gasteiger partial charge in [0.1, 0.15) is 0 Å². The highest BCUT2D eigenvalue weighted by atomic mass is 16.5. The Bertz CT molecular complexity index is 697. The Labute approximate surface area is 346 Å². The van der Waals surface area contributed by atoms with Gasteiger partial charge >= 0.3 is 0 Å². The van der Waals surface area contributed by atoms with Crippen molar-refractivity contribution in [2.24, 2.45) is 17.8 Å². The zero-order chi connectivity index (χ0) is 40.0. The molecular weight excluding hydrogens is 683 g/mol. The minimum absolute atomic E-state index is 0. The number of nitrogens with one attached hydrogen (secondary N) is 1. The molecule has 0 aromatic carbocycles. The second kappa shape index (κ2) is 35.5. The molecule has 55 heavy (non-hydrogen) atoms. The first kappa shape index (κ1) is 54.6. The van der Waals surface area contributed by atoms with E-state index in [4.69, 9.17) is 4.74 Å². The Balaban J connectivity index is 0.000000618. The van der Waals surface area contributed by atoms with Crippen LogP contribution in [0.3, 0.4) is 0 Å². The average molecular weight is 784 g/mol. The molecule has 1 N–H and O–H groups in total. The summed E-state index contributed by atoms with van der Waals surface area (Å²) in [6.45, 7) is 34.7. The molecule has 7 saturated heterocycles. The highest BCUT2D eigenvalue weighted by Crippen LogP contribution is 2.14. The van der Waals surface area contributed by atoms with Gasteiger partial charge in [-0.25, -0.2) is 0 Å². The van der Waals surface area contributed by atoms with Crippen LogP contribution in [0, 0.1) is 17.8 Å². The lowest BCUT2D eigenvalue weighted by Crippen LogP contribution is -2.44. The highest BCUT2D eigenvalue weighted by Gasteiger charge is 2.13. The number of likely N-dealkylation sites (tertiary alicyclic amines) is 3. The summed E-state index contributed by atoms with van der Waals surface area (Å²) in [6, 6.07) is 0. The molecule has 0 bridgehead atoms. The van der Waals surface area contributed by atoms with Gasteiger partial charge in [-0.2, -0.15) is 0 Å². The van der Waals surface area contributed by atoms with E-state index in [1.807, 2.05) is 0 Å². The van der Waals surface area contributed by atoms with Crippen molar-refractivity contribution < 1.29 is 4.74 Å². The molecular formula is C45H101N9O. The molecule has 2 atom stereocenters. The minimum Gasteiger partial charge on any atom is -0.379 e. The van der Waals surface area contributed by atoms with Gasteiger partial charge < -0.3 is 49.3 Å². The van der Waals surface area contributed by atoms with E-state index in [-0.39, 0.29) is 7.43 Å². The second-order valence-corrected chi connectivity index (χ2v) is 18.1. The molecule has 10 nitrogen and oxygen atoms in total. The van der Waals surface area contributed by atoms with Crippen LogP contribution >= 0.6 is 0 Å². The molecule has 0 radical (unpaired) electrons. The van der Waals surface area contributed by atoms with Crippen LogP contribution in [0.5, 0.6) is 0 Å². The van der Waals surface area contributed by atoms with E-state index in [9.17, 15) is 0 Å². The summed E-state index contributed by atoms with van der Waals surface area (Å²) >= 11 is 0. The van der Waals surface area contributed by atoms with E-state index in [1.165, 1.54) is 169 Å². The van der Waals surface area contributed by atoms with Crippen LogP contribution in [-0.4, -0.2) is 226 Å². The summed E-state index contributed by atoms with van der Waals surface area (Å²) in [4.78, 5) is 19.1. The molecule has 10 heteroatoms. The van der Waals surface area contributed by atoms with Crippen LogP contribution in [-0.2, 0) is 4.74 Å². The van der Waals surface area contributed by atoms with Crippen molar-refractivity contribution in [3.63, 3.8) is 0 Å². The largest absolute Gasteiger partial charge is 0.379 e. The molecule has 7 heterocycles. The minimum atomic E-state index is 0. The number of hydrogen-bond acceptors (Lipinski definition) is 10. The third-order valence-corrected chi connectivity index (χ3v) is 12.0. The van der Waals surface area contributed by atoms with Crippen LogP contribution in [0.2, 0.25) is 0 Å². The van der Waals surface area contributed by atoms with Crippen molar-refractivity contribution in [1.82, 2.24) is 44.5 Å². The predicted molar refractivity (Wildman–Crippen MR) is 244 cm³/mol. The van der Waals surface area contributed by atoms with Crippen LogP contribution in [0.25, 0.3) is 0 Å². The number of hydrogen-bond donors (Lipinski definition) is 1. The van der Waals surface area contributed by atoms with Crippen LogP contribution in [0.4, 0.5) is 0 Å². The quantitative estimate of drug-likeness (QED) is 0.369. The number of nitrogens with zero attached hydrogens (tertiary/aromatic N) is 8. The molecule has 0 aromatic heterocycles. The highest BCUT2D eigenvalue weighted by molar-refractivity contribution is 4.68. The van der Waals surface area contributed by atoms with Gasteiger partial charge in [0.05, 0.1) is 13.2 Å². The van der Waals surface area contributed by atoms with Gasteiger partial charge in [0.25, 0.3) is 0 Å². The van der Waals surface area contributed by atoms with Crippen LogP contribution in [0.1, 0.15) is 92.9 Å². The fourth-order valence-corrected chi connectivity index (χ4v) is 7.37. The lowest BCUT2D eigenvalue weighted by molar-refractivity contribution is 0.0503. The summed E-state index contributed by atoms with van der Waals surface area (Å²) in [7, 11) is 15.2. The Morgan fingerprint density at radius 3 is 1.18 bits per heavy atom. The number of piperazine rings is 2. The first-order valence-electron chi connectivity index (χ1n) is 22.7. The Kier molecular flexibility index (Phi) is 35.3. The van der Waals surface area contributed by atoms with E-state index in [0.717, 1.165) is 44.1 Å². The third kappa shape index (κ3) is 33.2. The van der Waals surface area contributed by atoms with E-state index >= 15 is 0 Å². The monoisotopic (exact) mass is 784 g/mol. The van der Waals surface area contributed by atoms with E-state index < -0.39 is 0 Å². The third-order valence-electron chi connectivity index (χ3n) is 12.0. The fourth-order valence-electron chi connectivity index (χ4n) is 7.37. The molecule has 0 spiro atoms. The molecule has 0 aromatic rings. The number of rotatable bonds is 1. The Hall–Kier alpha value is -0.400.